The van der Waals surface area contributed by atoms with Gasteiger partial charge < -0.3 is 25.8 Å². The first-order chi connectivity index (χ1) is 16.2. The first kappa shape index (κ1) is 24.9. The third-order valence-corrected chi connectivity index (χ3v) is 5.89. The molecule has 0 fully saturated rings. The van der Waals surface area contributed by atoms with E-state index in [-0.39, 0.29) is 36.9 Å². The molecule has 0 saturated carbocycles. The molecule has 0 unspecified atom stereocenters. The molecule has 180 valence electrons. The number of carbonyl (C=O) groups excluding carboxylic acids is 3. The van der Waals surface area contributed by atoms with Gasteiger partial charge in [-0.3, -0.25) is 0 Å². The second-order valence-electron chi connectivity index (χ2n) is 7.74. The fourth-order valence-corrected chi connectivity index (χ4v) is 4.24. The maximum absolute atomic E-state index is 12.4. The van der Waals surface area contributed by atoms with Crippen LogP contribution in [0, 0.1) is 6.92 Å². The molecular weight excluding hydrogens is 458 g/mol. The van der Waals surface area contributed by atoms with E-state index in [4.69, 9.17) is 15.2 Å². The average molecular weight is 486 g/mol. The Kier molecular flexibility index (Phi) is 8.00. The Hall–Kier alpha value is -3.73. The number of urea groups is 1. The normalized spacial score (nSPS) is 10.9. The molecule has 0 aliphatic rings. The lowest BCUT2D eigenvalue weighted by molar-refractivity contribution is 0.0461. The van der Waals surface area contributed by atoms with Crippen LogP contribution in [0.15, 0.2) is 24.3 Å². The van der Waals surface area contributed by atoms with Gasteiger partial charge in [0.05, 0.1) is 17.6 Å². The highest BCUT2D eigenvalue weighted by atomic mass is 32.1. The number of hydrogen-bond acceptors (Lipinski definition) is 9. The summed E-state index contributed by atoms with van der Waals surface area (Å²) in [6.07, 6.45) is 0. The summed E-state index contributed by atoms with van der Waals surface area (Å²) in [6, 6.07) is 6.49. The van der Waals surface area contributed by atoms with Crippen molar-refractivity contribution in [1.29, 1.82) is 0 Å². The van der Waals surface area contributed by atoms with Gasteiger partial charge in [-0.15, -0.1) is 11.3 Å². The smallest absolute Gasteiger partial charge is 0.348 e. The number of aryl methyl sites for hydroxylation is 1. The summed E-state index contributed by atoms with van der Waals surface area (Å²) in [5.41, 5.74) is 7.93. The molecule has 4 N–H and O–H groups in total. The molecule has 3 rings (SSSR count). The molecule has 0 aliphatic heterocycles. The highest BCUT2D eigenvalue weighted by Crippen LogP contribution is 2.33. The van der Waals surface area contributed by atoms with Crippen molar-refractivity contribution in [1.82, 2.24) is 20.6 Å². The van der Waals surface area contributed by atoms with E-state index in [0.29, 0.717) is 32.8 Å². The Labute approximate surface area is 200 Å². The number of nitrogen functional groups attached to an aromatic ring is 1. The summed E-state index contributed by atoms with van der Waals surface area (Å²) in [5.74, 6) is -0.547. The van der Waals surface area contributed by atoms with Gasteiger partial charge in [0.15, 0.2) is 12.4 Å². The minimum atomic E-state index is -0.547. The standard InChI is InChI=1S/C23H27N5O5S/c1-5-32-22(30)18-13(4)17-19(24)27-16(28-20(17)34-18)11-33-21(29)15-8-6-14(7-9-15)10-25-23(31)26-12(2)3/h6-9,12H,5,10-11H2,1-4H3,(H2,24,27,28)(H2,25,26,31). The molecule has 2 aromatic heterocycles. The van der Waals surface area contributed by atoms with E-state index in [1.807, 2.05) is 13.8 Å². The zero-order valence-electron chi connectivity index (χ0n) is 19.4. The van der Waals surface area contributed by atoms with E-state index >= 15 is 0 Å². The summed E-state index contributed by atoms with van der Waals surface area (Å²) < 4.78 is 10.4. The number of thiophene rings is 1. The predicted octanol–water partition coefficient (Wildman–Crippen LogP) is 3.32. The topological polar surface area (TPSA) is 146 Å². The Morgan fingerprint density at radius 2 is 1.79 bits per heavy atom. The molecule has 3 aromatic rings. The molecule has 0 bridgehead atoms. The maximum atomic E-state index is 12.4. The zero-order valence-corrected chi connectivity index (χ0v) is 20.2. The van der Waals surface area contributed by atoms with Crippen LogP contribution in [0.1, 0.15) is 57.8 Å². The number of hydrogen-bond donors (Lipinski definition) is 3. The summed E-state index contributed by atoms with van der Waals surface area (Å²) in [7, 11) is 0. The van der Waals surface area contributed by atoms with Gasteiger partial charge in [0, 0.05) is 12.6 Å². The van der Waals surface area contributed by atoms with Crippen LogP contribution in [0.3, 0.4) is 0 Å². The van der Waals surface area contributed by atoms with Gasteiger partial charge in [-0.1, -0.05) is 12.1 Å². The van der Waals surface area contributed by atoms with Crippen LogP contribution in [0.5, 0.6) is 0 Å². The molecule has 0 aliphatic carbocycles. The van der Waals surface area contributed by atoms with Crippen molar-refractivity contribution in [2.24, 2.45) is 0 Å². The molecule has 0 saturated heterocycles. The number of nitrogens with one attached hydrogen (secondary N) is 2. The lowest BCUT2D eigenvalue weighted by Gasteiger charge is -2.10. The van der Waals surface area contributed by atoms with Gasteiger partial charge in [-0.05, 0) is 51.0 Å². The highest BCUT2D eigenvalue weighted by Gasteiger charge is 2.21. The molecule has 0 radical (unpaired) electrons. The van der Waals surface area contributed by atoms with Crippen LogP contribution in [0.25, 0.3) is 10.2 Å². The molecule has 2 heterocycles. The molecule has 34 heavy (non-hydrogen) atoms. The molecule has 0 spiro atoms. The van der Waals surface area contributed by atoms with Gasteiger partial charge in [0.25, 0.3) is 0 Å². The fraction of sp³-hybridized carbons (Fsp3) is 0.348. The lowest BCUT2D eigenvalue weighted by atomic mass is 10.1. The van der Waals surface area contributed by atoms with E-state index in [1.165, 1.54) is 0 Å². The number of benzene rings is 1. The van der Waals surface area contributed by atoms with Crippen molar-refractivity contribution in [2.75, 3.05) is 12.3 Å². The largest absolute Gasteiger partial charge is 0.462 e. The second kappa shape index (κ2) is 10.9. The van der Waals surface area contributed by atoms with Gasteiger partial charge in [-0.25, -0.2) is 24.4 Å². The zero-order chi connectivity index (χ0) is 24.8. The van der Waals surface area contributed by atoms with Crippen LogP contribution in [-0.4, -0.2) is 40.6 Å². The Balaban J connectivity index is 1.63. The van der Waals surface area contributed by atoms with Crippen molar-refractivity contribution < 1.29 is 23.9 Å². The van der Waals surface area contributed by atoms with Gasteiger partial charge >= 0.3 is 18.0 Å². The second-order valence-corrected chi connectivity index (χ2v) is 8.74. The number of ether oxygens (including phenoxy) is 2. The van der Waals surface area contributed by atoms with Crippen molar-refractivity contribution in [3.05, 3.63) is 51.7 Å². The fourth-order valence-electron chi connectivity index (χ4n) is 3.14. The predicted molar refractivity (Wildman–Crippen MR) is 129 cm³/mol. The van der Waals surface area contributed by atoms with Crippen LogP contribution < -0.4 is 16.4 Å². The number of esters is 2. The Bertz CT molecular complexity index is 1210. The average Bonchev–Trinajstić information content (AvgIpc) is 3.13. The number of nitrogens with two attached hydrogens (primary N) is 1. The Morgan fingerprint density at radius 1 is 1.09 bits per heavy atom. The van der Waals surface area contributed by atoms with Crippen LogP contribution in [0.2, 0.25) is 0 Å². The number of nitrogens with zero attached hydrogens (tertiary/aromatic N) is 2. The third kappa shape index (κ3) is 5.98. The van der Waals surface area contributed by atoms with Crippen molar-refractivity contribution in [3.63, 3.8) is 0 Å². The van der Waals surface area contributed by atoms with E-state index < -0.39 is 11.9 Å². The van der Waals surface area contributed by atoms with E-state index in [1.54, 1.807) is 38.1 Å². The number of amides is 2. The lowest BCUT2D eigenvalue weighted by Crippen LogP contribution is -2.39. The van der Waals surface area contributed by atoms with Gasteiger partial charge in [0.2, 0.25) is 0 Å². The quantitative estimate of drug-likeness (QED) is 0.412. The summed E-state index contributed by atoms with van der Waals surface area (Å²) >= 11 is 1.16. The van der Waals surface area contributed by atoms with E-state index in [2.05, 4.69) is 20.6 Å². The molecule has 0 atom stereocenters. The molecule has 2 amide bonds. The number of rotatable bonds is 8. The molecule has 11 heteroatoms. The SMILES string of the molecule is CCOC(=O)c1sc2nc(COC(=O)c3ccc(CNC(=O)NC(C)C)cc3)nc(N)c2c1C. The molecule has 1 aromatic carbocycles. The van der Waals surface area contributed by atoms with Gasteiger partial charge in [-0.2, -0.15) is 0 Å². The van der Waals surface area contributed by atoms with E-state index in [9.17, 15) is 14.4 Å². The summed E-state index contributed by atoms with van der Waals surface area (Å²) in [6.45, 7) is 7.66. The minimum absolute atomic E-state index is 0.0423. The van der Waals surface area contributed by atoms with Crippen LogP contribution in [-0.2, 0) is 22.6 Å². The minimum Gasteiger partial charge on any atom is -0.462 e. The summed E-state index contributed by atoms with van der Waals surface area (Å²) in [5, 5.41) is 6.07. The first-order valence-electron chi connectivity index (χ1n) is 10.7. The molecular formula is C23H27N5O5S. The highest BCUT2D eigenvalue weighted by molar-refractivity contribution is 7.20. The van der Waals surface area contributed by atoms with E-state index in [0.717, 1.165) is 16.9 Å². The monoisotopic (exact) mass is 485 g/mol. The molecule has 10 nitrogen and oxygen atoms in total. The maximum Gasteiger partial charge on any atom is 0.348 e. The number of carbonyl (C=O) groups is 3. The van der Waals surface area contributed by atoms with Crippen molar-refractivity contribution in [2.45, 2.75) is 46.9 Å². The number of fused-ring (bicyclic) bond motifs is 1. The summed E-state index contributed by atoms with van der Waals surface area (Å²) in [4.78, 5) is 45.8. The van der Waals surface area contributed by atoms with Crippen LogP contribution >= 0.6 is 11.3 Å². The van der Waals surface area contributed by atoms with Crippen LogP contribution in [0.4, 0.5) is 10.6 Å². The first-order valence-corrected chi connectivity index (χ1v) is 11.5. The van der Waals surface area contributed by atoms with Crippen molar-refractivity contribution >= 4 is 45.3 Å². The Morgan fingerprint density at radius 3 is 2.44 bits per heavy atom. The third-order valence-electron chi connectivity index (χ3n) is 4.72. The number of aromatic nitrogens is 2. The van der Waals surface area contributed by atoms with Crippen molar-refractivity contribution in [3.8, 4) is 0 Å². The van der Waals surface area contributed by atoms with Gasteiger partial charge in [0.1, 0.15) is 15.5 Å². The number of anilines is 1.